The van der Waals surface area contributed by atoms with Crippen LogP contribution in [0, 0.1) is 0 Å². The standard InChI is InChI=1S/C17H16F3N5O2/c1-24-15-13(9-23-24)16(27)25(10-22-15)6-5-14(26)21-8-11-3-2-4-12(7-11)17(18,19)20/h2-4,7,9-10H,5-6,8H2,1H3,(H,21,26). The van der Waals surface area contributed by atoms with Gasteiger partial charge in [-0.3, -0.25) is 18.8 Å². The van der Waals surface area contributed by atoms with Gasteiger partial charge in [0.25, 0.3) is 5.56 Å². The van der Waals surface area contributed by atoms with Crippen molar-refractivity contribution in [2.45, 2.75) is 25.7 Å². The summed E-state index contributed by atoms with van der Waals surface area (Å²) in [6.45, 7) is 0.0721. The van der Waals surface area contributed by atoms with Crippen LogP contribution in [0.25, 0.3) is 11.0 Å². The number of hydrogen-bond acceptors (Lipinski definition) is 4. The Morgan fingerprint density at radius 2 is 2.07 bits per heavy atom. The minimum Gasteiger partial charge on any atom is -0.352 e. The molecule has 0 aliphatic heterocycles. The van der Waals surface area contributed by atoms with Crippen LogP contribution < -0.4 is 10.9 Å². The molecule has 142 valence electrons. The van der Waals surface area contributed by atoms with Crippen LogP contribution >= 0.6 is 0 Å². The first-order valence-electron chi connectivity index (χ1n) is 8.05. The molecule has 2 heterocycles. The molecule has 1 N–H and O–H groups in total. The zero-order valence-corrected chi connectivity index (χ0v) is 14.3. The van der Waals surface area contributed by atoms with E-state index >= 15 is 0 Å². The molecule has 0 saturated carbocycles. The molecule has 1 amide bonds. The molecule has 3 rings (SSSR count). The van der Waals surface area contributed by atoms with Gasteiger partial charge in [-0.25, -0.2) is 4.98 Å². The van der Waals surface area contributed by atoms with Gasteiger partial charge in [0.05, 0.1) is 18.1 Å². The molecule has 10 heteroatoms. The van der Waals surface area contributed by atoms with E-state index in [4.69, 9.17) is 0 Å². The second-order valence-electron chi connectivity index (χ2n) is 5.97. The molecule has 0 unspecified atom stereocenters. The van der Waals surface area contributed by atoms with Gasteiger partial charge < -0.3 is 5.32 Å². The first-order chi connectivity index (χ1) is 12.8. The third-order valence-corrected chi connectivity index (χ3v) is 4.04. The second-order valence-corrected chi connectivity index (χ2v) is 5.97. The van der Waals surface area contributed by atoms with Crippen molar-refractivity contribution in [3.05, 3.63) is 58.3 Å². The molecule has 0 aliphatic carbocycles. The number of benzene rings is 1. The Hall–Kier alpha value is -3.17. The Kier molecular flexibility index (Phi) is 4.98. The molecule has 0 spiro atoms. The van der Waals surface area contributed by atoms with Crippen LogP contribution in [0.2, 0.25) is 0 Å². The molecule has 0 saturated heterocycles. The number of rotatable bonds is 5. The van der Waals surface area contributed by atoms with Crippen LogP contribution in [0.5, 0.6) is 0 Å². The summed E-state index contributed by atoms with van der Waals surface area (Å²) in [7, 11) is 1.67. The molecule has 2 aromatic heterocycles. The van der Waals surface area contributed by atoms with Crippen LogP contribution in [0.4, 0.5) is 13.2 Å². The number of nitrogens with zero attached hydrogens (tertiary/aromatic N) is 4. The number of carbonyl (C=O) groups excluding carboxylic acids is 1. The maximum Gasteiger partial charge on any atom is 0.416 e. The summed E-state index contributed by atoms with van der Waals surface area (Å²) in [6, 6.07) is 4.75. The Bertz CT molecular complexity index is 1040. The predicted molar refractivity (Wildman–Crippen MR) is 90.7 cm³/mol. The molecule has 0 radical (unpaired) electrons. The van der Waals surface area contributed by atoms with Gasteiger partial charge in [-0.2, -0.15) is 18.3 Å². The van der Waals surface area contributed by atoms with Gasteiger partial charge in [-0.1, -0.05) is 12.1 Å². The maximum absolute atomic E-state index is 12.7. The highest BCUT2D eigenvalue weighted by Gasteiger charge is 2.30. The van der Waals surface area contributed by atoms with Gasteiger partial charge in [0.2, 0.25) is 5.91 Å². The largest absolute Gasteiger partial charge is 0.416 e. The number of alkyl halides is 3. The molecule has 0 bridgehead atoms. The van der Waals surface area contributed by atoms with Crippen LogP contribution in [-0.4, -0.2) is 25.2 Å². The molecule has 1 aromatic carbocycles. The van der Waals surface area contributed by atoms with E-state index in [1.165, 1.54) is 33.9 Å². The number of aryl methyl sites for hydroxylation is 2. The summed E-state index contributed by atoms with van der Waals surface area (Å²) >= 11 is 0. The van der Waals surface area contributed by atoms with Gasteiger partial charge in [0, 0.05) is 26.6 Å². The summed E-state index contributed by atoms with van der Waals surface area (Å²) in [6.07, 6.45) is -1.69. The molecule has 27 heavy (non-hydrogen) atoms. The molecular weight excluding hydrogens is 363 g/mol. The fourth-order valence-electron chi connectivity index (χ4n) is 2.59. The van der Waals surface area contributed by atoms with Gasteiger partial charge >= 0.3 is 6.18 Å². The lowest BCUT2D eigenvalue weighted by Crippen LogP contribution is -2.27. The van der Waals surface area contributed by atoms with E-state index in [-0.39, 0.29) is 31.0 Å². The van der Waals surface area contributed by atoms with Crippen LogP contribution in [0.3, 0.4) is 0 Å². The molecule has 0 fully saturated rings. The number of aromatic nitrogens is 4. The first-order valence-corrected chi connectivity index (χ1v) is 8.05. The third kappa shape index (κ3) is 4.15. The maximum atomic E-state index is 12.7. The smallest absolute Gasteiger partial charge is 0.352 e. The average molecular weight is 379 g/mol. The van der Waals surface area contributed by atoms with E-state index in [2.05, 4.69) is 15.4 Å². The van der Waals surface area contributed by atoms with E-state index in [0.29, 0.717) is 16.6 Å². The summed E-state index contributed by atoms with van der Waals surface area (Å²) in [4.78, 5) is 28.4. The Balaban J connectivity index is 1.59. The summed E-state index contributed by atoms with van der Waals surface area (Å²) in [5.41, 5.74) is -0.283. The van der Waals surface area contributed by atoms with E-state index in [0.717, 1.165) is 12.1 Å². The summed E-state index contributed by atoms with van der Waals surface area (Å²) in [5, 5.41) is 6.86. The van der Waals surface area contributed by atoms with Gasteiger partial charge in [-0.15, -0.1) is 0 Å². The third-order valence-electron chi connectivity index (χ3n) is 4.04. The SMILES string of the molecule is Cn1ncc2c(=O)n(CCC(=O)NCc3cccc(C(F)(F)F)c3)cnc21. The zero-order chi connectivity index (χ0) is 19.6. The van der Waals surface area contributed by atoms with Crippen LogP contribution in [0.1, 0.15) is 17.5 Å². The van der Waals surface area contributed by atoms with Gasteiger partial charge in [0.15, 0.2) is 5.65 Å². The van der Waals surface area contributed by atoms with Gasteiger partial charge in [0.1, 0.15) is 5.39 Å². The number of fused-ring (bicyclic) bond motifs is 1. The topological polar surface area (TPSA) is 81.8 Å². The lowest BCUT2D eigenvalue weighted by Gasteiger charge is -2.10. The predicted octanol–water partition coefficient (Wildman–Crippen LogP) is 1.86. The highest BCUT2D eigenvalue weighted by molar-refractivity contribution is 5.76. The molecule has 7 nitrogen and oxygen atoms in total. The van der Waals surface area contributed by atoms with Crippen molar-refractivity contribution < 1.29 is 18.0 Å². The lowest BCUT2D eigenvalue weighted by molar-refractivity contribution is -0.137. The minimum atomic E-state index is -4.43. The Morgan fingerprint density at radius 3 is 2.81 bits per heavy atom. The zero-order valence-electron chi connectivity index (χ0n) is 14.3. The number of halogens is 3. The van der Waals surface area contributed by atoms with Crippen molar-refractivity contribution in [1.29, 1.82) is 0 Å². The monoisotopic (exact) mass is 379 g/mol. The average Bonchev–Trinajstić information content (AvgIpc) is 3.01. The number of nitrogens with one attached hydrogen (secondary N) is 1. The summed E-state index contributed by atoms with van der Waals surface area (Å²) in [5.74, 6) is -0.384. The van der Waals surface area contributed by atoms with Crippen molar-refractivity contribution in [3.8, 4) is 0 Å². The minimum absolute atomic E-state index is 0.00762. The van der Waals surface area contributed by atoms with Crippen molar-refractivity contribution in [1.82, 2.24) is 24.6 Å². The molecular formula is C17H16F3N5O2. The molecule has 0 atom stereocenters. The van der Waals surface area contributed by atoms with Crippen molar-refractivity contribution >= 4 is 16.9 Å². The lowest BCUT2D eigenvalue weighted by atomic mass is 10.1. The van der Waals surface area contributed by atoms with E-state index < -0.39 is 11.7 Å². The van der Waals surface area contributed by atoms with E-state index in [9.17, 15) is 22.8 Å². The normalized spacial score (nSPS) is 11.7. The summed E-state index contributed by atoms with van der Waals surface area (Å²) < 4.78 is 40.9. The van der Waals surface area contributed by atoms with Gasteiger partial charge in [-0.05, 0) is 17.7 Å². The fraction of sp³-hybridized carbons (Fsp3) is 0.294. The van der Waals surface area contributed by atoms with Crippen LogP contribution in [-0.2, 0) is 31.1 Å². The number of carbonyl (C=O) groups is 1. The molecule has 0 aliphatic rings. The van der Waals surface area contributed by atoms with E-state index in [1.807, 2.05) is 0 Å². The fourth-order valence-corrected chi connectivity index (χ4v) is 2.59. The second kappa shape index (κ2) is 7.22. The molecule has 3 aromatic rings. The van der Waals surface area contributed by atoms with Crippen molar-refractivity contribution in [3.63, 3.8) is 0 Å². The number of amides is 1. The number of hydrogen-bond donors (Lipinski definition) is 1. The van der Waals surface area contributed by atoms with Crippen molar-refractivity contribution in [2.75, 3.05) is 0 Å². The highest BCUT2D eigenvalue weighted by atomic mass is 19.4. The Morgan fingerprint density at radius 1 is 1.30 bits per heavy atom. The Labute approximate surface area is 151 Å². The van der Waals surface area contributed by atoms with Crippen LogP contribution in [0.15, 0.2) is 41.6 Å². The van der Waals surface area contributed by atoms with E-state index in [1.54, 1.807) is 7.05 Å². The quantitative estimate of drug-likeness (QED) is 0.734. The highest BCUT2D eigenvalue weighted by Crippen LogP contribution is 2.29. The first kappa shape index (κ1) is 18.6. The van der Waals surface area contributed by atoms with Crippen molar-refractivity contribution in [2.24, 2.45) is 7.05 Å².